The summed E-state index contributed by atoms with van der Waals surface area (Å²) in [4.78, 5) is 34.5. The van der Waals surface area contributed by atoms with Crippen molar-refractivity contribution in [3.63, 3.8) is 0 Å². The maximum atomic E-state index is 12.7. The molecule has 1 N–H and O–H groups in total. The summed E-state index contributed by atoms with van der Waals surface area (Å²) in [6, 6.07) is 3.68. The van der Waals surface area contributed by atoms with E-state index in [0.29, 0.717) is 13.1 Å². The Kier molecular flexibility index (Phi) is 7.17. The second-order valence-electron chi connectivity index (χ2n) is 5.60. The van der Waals surface area contributed by atoms with Gasteiger partial charge in [-0.2, -0.15) is 4.31 Å². The van der Waals surface area contributed by atoms with Crippen LogP contribution in [0.15, 0.2) is 23.1 Å². The van der Waals surface area contributed by atoms with Gasteiger partial charge in [0.25, 0.3) is 5.91 Å². The van der Waals surface area contributed by atoms with Crippen molar-refractivity contribution in [2.24, 2.45) is 0 Å². The third-order valence-electron chi connectivity index (χ3n) is 3.70. The number of rotatable bonds is 6. The topological polar surface area (TPSA) is 119 Å². The van der Waals surface area contributed by atoms with E-state index in [-0.39, 0.29) is 22.1 Å². The van der Waals surface area contributed by atoms with Gasteiger partial charge in [-0.05, 0) is 38.0 Å². The summed E-state index contributed by atoms with van der Waals surface area (Å²) in [5.74, 6) is -1.80. The van der Waals surface area contributed by atoms with Gasteiger partial charge in [0, 0.05) is 13.1 Å². The summed E-state index contributed by atoms with van der Waals surface area (Å²) in [5, 5.41) is 1.85. The average molecular weight is 419 g/mol. The van der Waals surface area contributed by atoms with Crippen LogP contribution in [0.1, 0.15) is 30.1 Å². The van der Waals surface area contributed by atoms with Gasteiger partial charge in [-0.3, -0.25) is 10.1 Å². The van der Waals surface area contributed by atoms with Crippen molar-refractivity contribution in [3.8, 4) is 0 Å². The molecule has 0 aliphatic carbocycles. The molecule has 1 heterocycles. The number of benzene rings is 1. The second-order valence-corrected chi connectivity index (χ2v) is 7.91. The number of hydrogen-bond donors (Lipinski definition) is 1. The lowest BCUT2D eigenvalue weighted by molar-refractivity contribution is -0.123. The number of hydrogen-bond acceptors (Lipinski definition) is 7. The fourth-order valence-electron chi connectivity index (χ4n) is 2.43. The summed E-state index contributed by atoms with van der Waals surface area (Å²) < 4.78 is 35.9. The van der Waals surface area contributed by atoms with E-state index in [0.717, 1.165) is 18.9 Å². The van der Waals surface area contributed by atoms with E-state index >= 15 is 0 Å². The van der Waals surface area contributed by atoms with Gasteiger partial charge in [0.15, 0.2) is 6.61 Å². The molecule has 0 unspecified atom stereocenters. The number of sulfonamides is 1. The zero-order valence-corrected chi connectivity index (χ0v) is 16.1. The first kappa shape index (κ1) is 21.1. The number of esters is 1. The lowest BCUT2D eigenvalue weighted by Crippen LogP contribution is -2.34. The van der Waals surface area contributed by atoms with Crippen LogP contribution < -0.4 is 5.32 Å². The van der Waals surface area contributed by atoms with Crippen LogP contribution in [-0.2, 0) is 24.3 Å². The Hall–Kier alpha value is -2.17. The van der Waals surface area contributed by atoms with Crippen LogP contribution in [-0.4, -0.2) is 57.0 Å². The molecule has 0 bridgehead atoms. The highest BCUT2D eigenvalue weighted by Gasteiger charge is 2.30. The van der Waals surface area contributed by atoms with Crippen molar-refractivity contribution < 1.29 is 32.3 Å². The van der Waals surface area contributed by atoms with Crippen molar-refractivity contribution in [2.75, 3.05) is 26.3 Å². The summed E-state index contributed by atoms with van der Waals surface area (Å²) in [6.45, 7) is 1.70. The van der Waals surface area contributed by atoms with Gasteiger partial charge in [0.2, 0.25) is 10.0 Å². The normalized spacial score (nSPS) is 14.6. The molecule has 0 spiro atoms. The second kappa shape index (κ2) is 9.16. The minimum Gasteiger partial charge on any atom is -0.452 e. The van der Waals surface area contributed by atoms with Gasteiger partial charge in [-0.15, -0.1) is 0 Å². The molecule has 27 heavy (non-hydrogen) atoms. The maximum Gasteiger partial charge on any atom is 0.413 e. The predicted octanol–water partition coefficient (Wildman–Crippen LogP) is 1.55. The number of ether oxygens (including phenoxy) is 2. The zero-order valence-electron chi connectivity index (χ0n) is 14.6. The van der Waals surface area contributed by atoms with Crippen LogP contribution >= 0.6 is 11.6 Å². The Labute approximate surface area is 161 Å². The molecule has 1 aromatic rings. The molecule has 11 heteroatoms. The van der Waals surface area contributed by atoms with Gasteiger partial charge < -0.3 is 9.47 Å². The van der Waals surface area contributed by atoms with Gasteiger partial charge in [-0.1, -0.05) is 11.6 Å². The number of halogens is 1. The minimum atomic E-state index is -3.83. The first-order chi connectivity index (χ1) is 12.8. The third-order valence-corrected chi connectivity index (χ3v) is 6.08. The van der Waals surface area contributed by atoms with Crippen LogP contribution in [0.2, 0.25) is 5.02 Å². The van der Waals surface area contributed by atoms with Crippen molar-refractivity contribution >= 4 is 39.6 Å². The van der Waals surface area contributed by atoms with Crippen LogP contribution in [0.25, 0.3) is 0 Å². The molecule has 0 saturated carbocycles. The van der Waals surface area contributed by atoms with Crippen molar-refractivity contribution in [1.29, 1.82) is 0 Å². The van der Waals surface area contributed by atoms with Gasteiger partial charge in [0.1, 0.15) is 4.90 Å². The number of imide groups is 1. The predicted molar refractivity (Wildman–Crippen MR) is 94.9 cm³/mol. The zero-order chi connectivity index (χ0) is 20.0. The number of carbonyl (C=O) groups excluding carboxylic acids is 3. The van der Waals surface area contributed by atoms with E-state index in [9.17, 15) is 22.8 Å². The molecule has 148 valence electrons. The molecular weight excluding hydrogens is 400 g/mol. The highest BCUT2D eigenvalue weighted by molar-refractivity contribution is 7.89. The van der Waals surface area contributed by atoms with E-state index in [1.165, 1.54) is 16.4 Å². The number of alkyl carbamates (subject to hydrolysis) is 1. The number of nitrogens with zero attached hydrogens (tertiary/aromatic N) is 1. The molecule has 1 aromatic carbocycles. The molecule has 9 nitrogen and oxygen atoms in total. The lowest BCUT2D eigenvalue weighted by Gasteiger charge is -2.17. The van der Waals surface area contributed by atoms with Crippen molar-refractivity contribution in [2.45, 2.75) is 24.7 Å². The van der Waals surface area contributed by atoms with Gasteiger partial charge in [-0.25, -0.2) is 18.0 Å². The molecule has 1 aliphatic heterocycles. The number of carbonyl (C=O) groups is 3. The van der Waals surface area contributed by atoms with Crippen molar-refractivity contribution in [3.05, 3.63) is 28.8 Å². The van der Waals surface area contributed by atoms with E-state index in [2.05, 4.69) is 4.74 Å². The number of amides is 2. The summed E-state index contributed by atoms with van der Waals surface area (Å²) in [6.07, 6.45) is 0.562. The molecule has 0 aromatic heterocycles. The molecule has 1 saturated heterocycles. The summed E-state index contributed by atoms with van der Waals surface area (Å²) in [7, 11) is -3.83. The molecule has 2 amide bonds. The Morgan fingerprint density at radius 2 is 1.85 bits per heavy atom. The lowest BCUT2D eigenvalue weighted by atomic mass is 10.2. The Morgan fingerprint density at radius 3 is 2.48 bits per heavy atom. The molecule has 1 fully saturated rings. The highest BCUT2D eigenvalue weighted by atomic mass is 35.5. The Balaban J connectivity index is 2.07. The monoisotopic (exact) mass is 418 g/mol. The molecular formula is C16H19ClN2O7S. The highest BCUT2D eigenvalue weighted by Crippen LogP contribution is 2.28. The quantitative estimate of drug-likeness (QED) is 0.696. The van der Waals surface area contributed by atoms with Crippen LogP contribution in [0.3, 0.4) is 0 Å². The standard InChI is InChI=1S/C16H19ClN2O7S/c1-2-25-16(22)18-14(20)10-26-15(21)11-5-6-12(17)13(9-11)27(23,24)19-7-3-4-8-19/h5-6,9H,2-4,7-8,10H2,1H3,(H,18,20,22). The fourth-order valence-corrected chi connectivity index (χ4v) is 4.44. The van der Waals surface area contributed by atoms with E-state index < -0.39 is 34.6 Å². The SMILES string of the molecule is CCOC(=O)NC(=O)COC(=O)c1ccc(Cl)c(S(=O)(=O)N2CCCC2)c1. The van der Waals surface area contributed by atoms with Gasteiger partial charge in [0.05, 0.1) is 17.2 Å². The molecule has 2 rings (SSSR count). The van der Waals surface area contributed by atoms with Crippen LogP contribution in [0.5, 0.6) is 0 Å². The van der Waals surface area contributed by atoms with E-state index in [4.69, 9.17) is 16.3 Å². The first-order valence-electron chi connectivity index (χ1n) is 8.19. The van der Waals surface area contributed by atoms with Crippen molar-refractivity contribution in [1.82, 2.24) is 9.62 Å². The molecule has 0 radical (unpaired) electrons. The first-order valence-corrected chi connectivity index (χ1v) is 10.0. The van der Waals surface area contributed by atoms with E-state index in [1.807, 2.05) is 5.32 Å². The average Bonchev–Trinajstić information content (AvgIpc) is 3.15. The minimum absolute atomic E-state index is 0.0153. The summed E-state index contributed by atoms with van der Waals surface area (Å²) in [5.41, 5.74) is -0.0823. The molecule has 0 atom stereocenters. The van der Waals surface area contributed by atoms with Crippen LogP contribution in [0.4, 0.5) is 4.79 Å². The largest absolute Gasteiger partial charge is 0.452 e. The Morgan fingerprint density at radius 1 is 1.19 bits per heavy atom. The van der Waals surface area contributed by atoms with Crippen LogP contribution in [0, 0.1) is 0 Å². The fraction of sp³-hybridized carbons (Fsp3) is 0.438. The summed E-state index contributed by atoms with van der Waals surface area (Å²) >= 11 is 6.00. The molecule has 1 aliphatic rings. The smallest absolute Gasteiger partial charge is 0.413 e. The maximum absolute atomic E-state index is 12.7. The van der Waals surface area contributed by atoms with Gasteiger partial charge >= 0.3 is 12.1 Å². The Bertz CT molecular complexity index is 835. The van der Waals surface area contributed by atoms with E-state index in [1.54, 1.807) is 6.92 Å². The third kappa shape index (κ3) is 5.41. The number of nitrogens with one attached hydrogen (secondary N) is 1.